The minimum atomic E-state index is -0.552. The van der Waals surface area contributed by atoms with E-state index in [1.807, 2.05) is 0 Å². The molecular weight excluding hydrogens is 371 g/mol. The summed E-state index contributed by atoms with van der Waals surface area (Å²) in [6, 6.07) is 22.4. The lowest BCUT2D eigenvalue weighted by molar-refractivity contribution is 0.213. The molecule has 153 valence electrons. The Morgan fingerprint density at radius 3 is 1.86 bits per heavy atom. The van der Waals surface area contributed by atoms with E-state index in [1.165, 1.54) is 22.2 Å². The Balaban J connectivity index is 1.79. The second-order valence-electron chi connectivity index (χ2n) is 7.56. The highest BCUT2D eigenvalue weighted by atomic mass is 31.1. The second kappa shape index (κ2) is 11.3. The molecule has 0 aromatic heterocycles. The molecule has 0 unspecified atom stereocenters. The average Bonchev–Trinajstić information content (AvgIpc) is 3.24. The molecule has 3 rings (SSSR count). The van der Waals surface area contributed by atoms with Crippen LogP contribution in [0.2, 0.25) is 0 Å². The molecule has 2 aromatic rings. The van der Waals surface area contributed by atoms with E-state index in [4.69, 9.17) is 0 Å². The number of benzene rings is 2. The molecule has 0 aliphatic heterocycles. The van der Waals surface area contributed by atoms with Crippen molar-refractivity contribution in [2.75, 3.05) is 33.2 Å². The van der Waals surface area contributed by atoms with Crippen LogP contribution in [0.4, 0.5) is 0 Å². The Hall–Kier alpha value is -1.21. The summed E-state index contributed by atoms with van der Waals surface area (Å²) in [5.74, 6) is 1.46. The molecule has 0 bridgehead atoms. The monoisotopic (exact) mass is 405 g/mol. The fourth-order valence-corrected chi connectivity index (χ4v) is 6.38. The molecule has 1 saturated carbocycles. The third-order valence-corrected chi connectivity index (χ3v) is 8.39. The number of hydrogen-bond acceptors (Lipinski definition) is 2. The van der Waals surface area contributed by atoms with Crippen LogP contribution in [-0.4, -0.2) is 49.1 Å². The minimum absolute atomic E-state index is 0.396. The Morgan fingerprint density at radius 2 is 1.34 bits per heavy atom. The maximum absolute atomic E-state index is 2.50. The van der Waals surface area contributed by atoms with Gasteiger partial charge in [-0.1, -0.05) is 74.5 Å². The average molecular weight is 406 g/mol. The van der Waals surface area contributed by atoms with E-state index in [1.54, 1.807) is 0 Å². The number of likely N-dealkylation sites (N-methyl/N-ethyl adjacent to an activating group) is 2. The van der Waals surface area contributed by atoms with Crippen molar-refractivity contribution in [1.29, 1.82) is 0 Å². The van der Waals surface area contributed by atoms with Gasteiger partial charge >= 0.3 is 0 Å². The van der Waals surface area contributed by atoms with Gasteiger partial charge in [0.25, 0.3) is 0 Å². The lowest BCUT2D eigenvalue weighted by Gasteiger charge is -2.37. The van der Waals surface area contributed by atoms with Crippen LogP contribution in [0.25, 0.3) is 0 Å². The molecule has 5 radical (unpaired) electrons. The van der Waals surface area contributed by atoms with Gasteiger partial charge in [0.2, 0.25) is 0 Å². The minimum Gasteiger partial charge on any atom is -0.303 e. The van der Waals surface area contributed by atoms with E-state index in [-0.39, 0.29) is 0 Å². The van der Waals surface area contributed by atoms with Crippen LogP contribution in [0.15, 0.2) is 60.7 Å². The van der Waals surface area contributed by atoms with E-state index in [2.05, 4.69) is 118 Å². The van der Waals surface area contributed by atoms with Crippen LogP contribution in [0.5, 0.6) is 0 Å². The topological polar surface area (TPSA) is 6.48 Å². The summed E-state index contributed by atoms with van der Waals surface area (Å²) in [5.41, 5.74) is 1.49. The Morgan fingerprint density at radius 1 is 0.793 bits per heavy atom. The van der Waals surface area contributed by atoms with Crippen molar-refractivity contribution in [2.24, 2.45) is 0 Å². The summed E-state index contributed by atoms with van der Waals surface area (Å²) in [5, 5.41) is 2.83. The van der Waals surface area contributed by atoms with Crippen LogP contribution in [0.1, 0.15) is 20.8 Å². The van der Waals surface area contributed by atoms with Crippen molar-refractivity contribution in [1.82, 2.24) is 9.80 Å². The molecule has 0 amide bonds. The quantitative estimate of drug-likeness (QED) is 0.537. The predicted octanol–water partition coefficient (Wildman–Crippen LogP) is 4.51. The summed E-state index contributed by atoms with van der Waals surface area (Å²) >= 11 is 0. The Kier molecular flexibility index (Phi) is 8.72. The van der Waals surface area contributed by atoms with E-state index in [9.17, 15) is 0 Å². The summed E-state index contributed by atoms with van der Waals surface area (Å²) in [6.07, 6.45) is 6.91. The van der Waals surface area contributed by atoms with Gasteiger partial charge in [-0.05, 0) is 64.9 Å². The molecule has 1 atom stereocenters. The fraction of sp³-hybridized carbons (Fsp3) is 0.346. The summed E-state index contributed by atoms with van der Waals surface area (Å²) in [6.45, 7) is 11.3. The fourth-order valence-electron chi connectivity index (χ4n) is 3.83. The van der Waals surface area contributed by atoms with E-state index < -0.39 is 7.92 Å². The molecule has 1 aliphatic rings. The van der Waals surface area contributed by atoms with Crippen molar-refractivity contribution in [2.45, 2.75) is 26.8 Å². The highest BCUT2D eigenvalue weighted by molar-refractivity contribution is 7.76. The first kappa shape index (κ1) is 22.5. The zero-order valence-electron chi connectivity index (χ0n) is 18.3. The molecule has 0 N–H and O–H groups in total. The molecular formula is C26H34N2P. The molecule has 29 heavy (non-hydrogen) atoms. The van der Waals surface area contributed by atoms with E-state index >= 15 is 0 Å². The first-order valence-electron chi connectivity index (χ1n) is 10.7. The van der Waals surface area contributed by atoms with Crippen LogP contribution in [0, 0.1) is 30.8 Å². The van der Waals surface area contributed by atoms with Crippen molar-refractivity contribution in [3.63, 3.8) is 0 Å². The van der Waals surface area contributed by atoms with Gasteiger partial charge in [-0.15, -0.1) is 0 Å². The van der Waals surface area contributed by atoms with Crippen LogP contribution >= 0.6 is 7.92 Å². The molecule has 1 fully saturated rings. The van der Waals surface area contributed by atoms with Gasteiger partial charge in [-0.25, -0.2) is 0 Å². The summed E-state index contributed by atoms with van der Waals surface area (Å²) in [4.78, 5) is 5.00. The van der Waals surface area contributed by atoms with E-state index in [0.29, 0.717) is 6.04 Å². The number of nitrogens with zero attached hydrogens (tertiary/aromatic N) is 2. The number of rotatable bonds is 10. The third kappa shape index (κ3) is 5.69. The third-order valence-electron chi connectivity index (χ3n) is 5.87. The highest BCUT2D eigenvalue weighted by Crippen LogP contribution is 2.57. The predicted molar refractivity (Wildman–Crippen MR) is 128 cm³/mol. The molecule has 1 aliphatic carbocycles. The zero-order valence-corrected chi connectivity index (χ0v) is 19.1. The second-order valence-corrected chi connectivity index (χ2v) is 9.74. The highest BCUT2D eigenvalue weighted by Gasteiger charge is 2.40. The lowest BCUT2D eigenvalue weighted by atomic mass is 9.98. The normalized spacial score (nSPS) is 16.9. The van der Waals surface area contributed by atoms with Crippen LogP contribution in [-0.2, 0) is 0 Å². The van der Waals surface area contributed by atoms with Gasteiger partial charge < -0.3 is 9.80 Å². The van der Waals surface area contributed by atoms with Crippen molar-refractivity contribution >= 4 is 18.5 Å². The van der Waals surface area contributed by atoms with Gasteiger partial charge in [-0.2, -0.15) is 0 Å². The maximum atomic E-state index is 2.50. The van der Waals surface area contributed by atoms with Gasteiger partial charge in [0.15, 0.2) is 0 Å². The molecule has 0 saturated heterocycles. The zero-order chi connectivity index (χ0) is 20.6. The molecule has 2 aromatic carbocycles. The van der Waals surface area contributed by atoms with Crippen molar-refractivity contribution in [3.8, 4) is 0 Å². The molecule has 3 heteroatoms. The first-order valence-corrected chi connectivity index (χ1v) is 12.1. The number of hydrogen-bond donors (Lipinski definition) is 0. The molecule has 0 spiro atoms. The van der Waals surface area contributed by atoms with Crippen molar-refractivity contribution < 1.29 is 0 Å². The SMILES string of the molecule is CCN(CC)CCN(C)[C@@H](C)[C]1[CH][CH][CH][C]1P(c1ccccc1)c1ccccc1. The summed E-state index contributed by atoms with van der Waals surface area (Å²) in [7, 11) is 1.71. The van der Waals surface area contributed by atoms with Crippen molar-refractivity contribution in [3.05, 3.63) is 91.5 Å². The van der Waals surface area contributed by atoms with E-state index in [0.717, 1.165) is 26.2 Å². The van der Waals surface area contributed by atoms with Crippen LogP contribution in [0.3, 0.4) is 0 Å². The molecule has 0 heterocycles. The largest absolute Gasteiger partial charge is 0.303 e. The smallest absolute Gasteiger partial charge is 0.0211 e. The van der Waals surface area contributed by atoms with Crippen LogP contribution < -0.4 is 10.6 Å². The Bertz CT molecular complexity index is 662. The maximum Gasteiger partial charge on any atom is 0.0211 e. The summed E-state index contributed by atoms with van der Waals surface area (Å²) < 4.78 is 0. The standard InChI is InChI=1S/C26H34N2P/c1-5-28(6-2)21-20-27(4)22(3)25-18-13-19-26(25)29(23-14-9-7-10-15-23)24-16-11-8-12-17-24/h7-19,22H,5-6,20-21H2,1-4H3/t22-/m0/s1. The lowest BCUT2D eigenvalue weighted by Crippen LogP contribution is -2.41. The van der Waals surface area contributed by atoms with Gasteiger partial charge in [0, 0.05) is 30.7 Å². The first-order chi connectivity index (χ1) is 14.2. The Labute approximate surface area is 180 Å². The molecule has 2 nitrogen and oxygen atoms in total. The van der Waals surface area contributed by atoms with Gasteiger partial charge in [-0.3, -0.25) is 0 Å². The van der Waals surface area contributed by atoms with Gasteiger partial charge in [0.1, 0.15) is 0 Å². The van der Waals surface area contributed by atoms with Gasteiger partial charge in [0.05, 0.1) is 0 Å².